The van der Waals surface area contributed by atoms with E-state index in [1.54, 1.807) is 30.1 Å². The zero-order valence-corrected chi connectivity index (χ0v) is 15.8. The molecule has 0 saturated carbocycles. The number of likely N-dealkylation sites (N-methyl/N-ethyl adjacent to an activating group) is 1. The fraction of sp³-hybridized carbons (Fsp3) is 0.526. The highest BCUT2D eigenvalue weighted by Gasteiger charge is 2.39. The summed E-state index contributed by atoms with van der Waals surface area (Å²) < 4.78 is 16.5. The molecule has 28 heavy (non-hydrogen) atoms. The van der Waals surface area contributed by atoms with Crippen LogP contribution < -0.4 is 10.1 Å². The second-order valence-corrected chi connectivity index (χ2v) is 6.96. The van der Waals surface area contributed by atoms with Crippen LogP contribution in [0.15, 0.2) is 18.2 Å². The normalized spacial score (nSPS) is 24.3. The molecule has 3 atom stereocenters. The van der Waals surface area contributed by atoms with Crippen LogP contribution in [0.5, 0.6) is 5.75 Å². The molecule has 2 amide bonds. The number of amides is 2. The molecule has 152 valence electrons. The summed E-state index contributed by atoms with van der Waals surface area (Å²) >= 11 is 0. The summed E-state index contributed by atoms with van der Waals surface area (Å²) in [6.07, 6.45) is 0.338. The average molecular weight is 392 g/mol. The van der Waals surface area contributed by atoms with Gasteiger partial charge in [-0.25, -0.2) is 0 Å². The lowest BCUT2D eigenvalue weighted by Crippen LogP contribution is -2.53. The topological polar surface area (TPSA) is 114 Å². The summed E-state index contributed by atoms with van der Waals surface area (Å²) in [4.78, 5) is 37.3. The Balaban J connectivity index is 1.80. The van der Waals surface area contributed by atoms with Gasteiger partial charge in [0.05, 0.1) is 24.1 Å². The summed E-state index contributed by atoms with van der Waals surface area (Å²) in [7, 11) is 3.13. The third-order valence-corrected chi connectivity index (χ3v) is 4.97. The van der Waals surface area contributed by atoms with Gasteiger partial charge in [-0.2, -0.15) is 0 Å². The Bertz CT molecular complexity index is 767. The monoisotopic (exact) mass is 392 g/mol. The number of methoxy groups -OCH3 is 1. The van der Waals surface area contributed by atoms with E-state index in [0.29, 0.717) is 29.8 Å². The molecule has 2 aliphatic rings. The Hall–Kier alpha value is -2.65. The number of hydrogen-bond acceptors (Lipinski definition) is 6. The smallest absolute Gasteiger partial charge is 0.305 e. The summed E-state index contributed by atoms with van der Waals surface area (Å²) in [5.74, 6) is -1.08. The molecule has 0 radical (unpaired) electrons. The summed E-state index contributed by atoms with van der Waals surface area (Å²) in [5, 5.41) is 11.7. The van der Waals surface area contributed by atoms with Crippen molar-refractivity contribution in [2.45, 2.75) is 37.5 Å². The number of carboxylic acid groups (broad SMARTS) is 1. The molecule has 0 aliphatic carbocycles. The molecule has 1 saturated heterocycles. The average Bonchev–Trinajstić information content (AvgIpc) is 2.65. The molecule has 2 N–H and O–H groups in total. The highest BCUT2D eigenvalue weighted by Crippen LogP contribution is 2.32. The van der Waals surface area contributed by atoms with E-state index in [0.717, 1.165) is 0 Å². The maximum atomic E-state index is 13.0. The van der Waals surface area contributed by atoms with Crippen molar-refractivity contribution < 1.29 is 33.7 Å². The molecule has 0 aromatic heterocycles. The fourth-order valence-corrected chi connectivity index (χ4v) is 3.63. The quantitative estimate of drug-likeness (QED) is 0.772. The number of carboxylic acids is 1. The van der Waals surface area contributed by atoms with Crippen LogP contribution in [0.2, 0.25) is 0 Å². The lowest BCUT2D eigenvalue weighted by Gasteiger charge is -2.42. The largest absolute Gasteiger partial charge is 0.490 e. The lowest BCUT2D eigenvalue weighted by atomic mass is 9.94. The number of rotatable bonds is 5. The van der Waals surface area contributed by atoms with Crippen molar-refractivity contribution in [1.29, 1.82) is 0 Å². The van der Waals surface area contributed by atoms with E-state index in [1.165, 1.54) is 7.11 Å². The van der Waals surface area contributed by atoms with E-state index >= 15 is 0 Å². The van der Waals surface area contributed by atoms with Gasteiger partial charge in [0.1, 0.15) is 25.1 Å². The van der Waals surface area contributed by atoms with Gasteiger partial charge < -0.3 is 29.5 Å². The van der Waals surface area contributed by atoms with E-state index in [4.69, 9.17) is 19.3 Å². The molecule has 2 aliphatic heterocycles. The molecular formula is C19H24N2O7. The predicted octanol–water partition coefficient (Wildman–Crippen LogP) is 1.13. The minimum Gasteiger partial charge on any atom is -0.490 e. The molecule has 9 heteroatoms. The highest BCUT2D eigenvalue weighted by atomic mass is 16.5. The maximum absolute atomic E-state index is 13.0. The van der Waals surface area contributed by atoms with Crippen molar-refractivity contribution in [2.24, 2.45) is 0 Å². The Morgan fingerprint density at radius 3 is 2.86 bits per heavy atom. The minimum atomic E-state index is -0.909. The van der Waals surface area contributed by atoms with Crippen LogP contribution in [0.1, 0.15) is 29.6 Å². The van der Waals surface area contributed by atoms with Gasteiger partial charge in [0.15, 0.2) is 0 Å². The first-order valence-electron chi connectivity index (χ1n) is 9.09. The van der Waals surface area contributed by atoms with E-state index in [-0.39, 0.29) is 43.6 Å². The molecule has 0 spiro atoms. The van der Waals surface area contributed by atoms with Gasteiger partial charge in [-0.05, 0) is 31.0 Å². The third kappa shape index (κ3) is 4.42. The van der Waals surface area contributed by atoms with Gasteiger partial charge in [-0.15, -0.1) is 0 Å². The van der Waals surface area contributed by atoms with Crippen LogP contribution in [0.4, 0.5) is 5.69 Å². The lowest BCUT2D eigenvalue weighted by molar-refractivity contribution is -0.148. The van der Waals surface area contributed by atoms with Gasteiger partial charge >= 0.3 is 5.97 Å². The van der Waals surface area contributed by atoms with Crippen LogP contribution in [0.3, 0.4) is 0 Å². The molecule has 0 unspecified atom stereocenters. The van der Waals surface area contributed by atoms with Gasteiger partial charge in [-0.1, -0.05) is 0 Å². The molecule has 2 heterocycles. The minimum absolute atomic E-state index is 0.0675. The Morgan fingerprint density at radius 1 is 1.36 bits per heavy atom. The second kappa shape index (κ2) is 8.57. The number of hydrogen-bond donors (Lipinski definition) is 2. The first-order chi connectivity index (χ1) is 13.4. The number of aliphatic carboxylic acids is 1. The molecule has 1 fully saturated rings. The predicted molar refractivity (Wildman–Crippen MR) is 98.5 cm³/mol. The fourth-order valence-electron chi connectivity index (χ4n) is 3.63. The van der Waals surface area contributed by atoms with Gasteiger partial charge in [0.2, 0.25) is 5.91 Å². The molecule has 1 aromatic rings. The van der Waals surface area contributed by atoms with Crippen LogP contribution in [-0.4, -0.2) is 73.4 Å². The Morgan fingerprint density at radius 2 is 2.14 bits per heavy atom. The van der Waals surface area contributed by atoms with E-state index in [9.17, 15) is 14.4 Å². The Kier molecular flexibility index (Phi) is 6.15. The first-order valence-corrected chi connectivity index (χ1v) is 9.09. The molecular weight excluding hydrogens is 368 g/mol. The zero-order chi connectivity index (χ0) is 20.3. The van der Waals surface area contributed by atoms with Crippen LogP contribution in [0.25, 0.3) is 0 Å². The molecule has 0 bridgehead atoms. The van der Waals surface area contributed by atoms with Crippen LogP contribution >= 0.6 is 0 Å². The zero-order valence-electron chi connectivity index (χ0n) is 15.8. The molecule has 9 nitrogen and oxygen atoms in total. The van der Waals surface area contributed by atoms with Crippen molar-refractivity contribution in [2.75, 3.05) is 32.7 Å². The second-order valence-electron chi connectivity index (χ2n) is 6.96. The summed E-state index contributed by atoms with van der Waals surface area (Å²) in [6, 6.07) is 4.64. The molecule has 1 aromatic carbocycles. The number of anilines is 1. The van der Waals surface area contributed by atoms with E-state index in [2.05, 4.69) is 5.32 Å². The highest BCUT2D eigenvalue weighted by molar-refractivity contribution is 6.00. The number of ether oxygens (including phenoxy) is 3. The number of carbonyl (C=O) groups excluding carboxylic acids is 2. The summed E-state index contributed by atoms with van der Waals surface area (Å²) in [5.41, 5.74) is 0.827. The van der Waals surface area contributed by atoms with Crippen LogP contribution in [0, 0.1) is 0 Å². The van der Waals surface area contributed by atoms with Crippen molar-refractivity contribution >= 4 is 23.5 Å². The number of nitrogens with zero attached hydrogens (tertiary/aromatic N) is 1. The SMILES string of the molecule is COCC(=O)Nc1ccc2c(c1)C(=O)N(C)[C@@H]1CC[C@@H](CC(=O)O)O[C@@H]1CO2. The van der Waals surface area contributed by atoms with Crippen molar-refractivity contribution in [1.82, 2.24) is 4.90 Å². The maximum Gasteiger partial charge on any atom is 0.305 e. The van der Waals surface area contributed by atoms with Crippen molar-refractivity contribution in [3.05, 3.63) is 23.8 Å². The van der Waals surface area contributed by atoms with Gasteiger partial charge in [0, 0.05) is 19.8 Å². The van der Waals surface area contributed by atoms with Crippen molar-refractivity contribution in [3.63, 3.8) is 0 Å². The van der Waals surface area contributed by atoms with E-state index < -0.39 is 12.1 Å². The molecule has 3 rings (SSSR count). The number of nitrogens with one attached hydrogen (secondary N) is 1. The van der Waals surface area contributed by atoms with Gasteiger partial charge in [-0.3, -0.25) is 14.4 Å². The third-order valence-electron chi connectivity index (χ3n) is 4.97. The van der Waals surface area contributed by atoms with Crippen molar-refractivity contribution in [3.8, 4) is 5.75 Å². The van der Waals surface area contributed by atoms with Crippen LogP contribution in [-0.2, 0) is 19.1 Å². The number of carbonyl (C=O) groups is 3. The van der Waals surface area contributed by atoms with E-state index in [1.807, 2.05) is 0 Å². The standard InChI is InChI=1S/C19H24N2O7/c1-21-14-5-4-12(8-18(23)24)28-16(14)9-27-15-6-3-11(7-13(15)19(21)25)20-17(22)10-26-2/h3,6-7,12,14,16H,4-5,8-10H2,1-2H3,(H,20,22)(H,23,24)/t12-,14+,16+/m0/s1. The summed E-state index contributed by atoms with van der Waals surface area (Å²) in [6.45, 7) is 0.126. The number of fused-ring (bicyclic) bond motifs is 2. The number of benzene rings is 1. The Labute approximate surface area is 162 Å². The first kappa shape index (κ1) is 20.1. The van der Waals surface area contributed by atoms with Gasteiger partial charge in [0.25, 0.3) is 5.91 Å².